The molecule has 1 aliphatic heterocycles. The van der Waals surface area contributed by atoms with E-state index in [0.29, 0.717) is 5.92 Å². The van der Waals surface area contributed by atoms with E-state index in [-0.39, 0.29) is 0 Å². The van der Waals surface area contributed by atoms with Gasteiger partial charge >= 0.3 is 0 Å². The highest BCUT2D eigenvalue weighted by atomic mass is 79.9. The fraction of sp³-hybridized carbons (Fsp3) is 0.250. The predicted molar refractivity (Wildman–Crippen MR) is 65.2 cm³/mol. The third kappa shape index (κ3) is 1.68. The second-order valence-electron chi connectivity index (χ2n) is 3.91. The molecule has 0 bridgehead atoms. The first-order valence-corrected chi connectivity index (χ1v) is 6.05. The highest BCUT2D eigenvalue weighted by Gasteiger charge is 2.24. The molecule has 0 atom stereocenters. The van der Waals surface area contributed by atoms with Gasteiger partial charge in [-0.2, -0.15) is 0 Å². The van der Waals surface area contributed by atoms with Crippen LogP contribution in [0.15, 0.2) is 39.4 Å². The smallest absolute Gasteiger partial charge is 0.200 e. The molecule has 1 fully saturated rings. The van der Waals surface area contributed by atoms with Crippen LogP contribution in [0.3, 0.4) is 0 Å². The first-order valence-electron chi connectivity index (χ1n) is 5.25. The average molecular weight is 279 g/mol. The van der Waals surface area contributed by atoms with E-state index in [9.17, 15) is 0 Å². The van der Waals surface area contributed by atoms with Crippen molar-refractivity contribution < 1.29 is 4.42 Å². The number of rotatable bonds is 2. The number of hydrogen-bond acceptors (Lipinski definition) is 3. The molecule has 2 heterocycles. The lowest BCUT2D eigenvalue weighted by atomic mass is 10.0. The van der Waals surface area contributed by atoms with Crippen LogP contribution in [0.5, 0.6) is 0 Å². The maximum absolute atomic E-state index is 5.51. The summed E-state index contributed by atoms with van der Waals surface area (Å²) in [6.07, 6.45) is 1.73. The Morgan fingerprint density at radius 3 is 2.81 bits per heavy atom. The van der Waals surface area contributed by atoms with Crippen molar-refractivity contribution in [1.82, 2.24) is 10.3 Å². The third-order valence-electron chi connectivity index (χ3n) is 2.80. The van der Waals surface area contributed by atoms with Crippen LogP contribution in [0.4, 0.5) is 0 Å². The normalized spacial score (nSPS) is 16.1. The number of benzene rings is 1. The topological polar surface area (TPSA) is 38.1 Å². The van der Waals surface area contributed by atoms with Crippen LogP contribution in [0, 0.1) is 0 Å². The summed E-state index contributed by atoms with van der Waals surface area (Å²) < 4.78 is 6.55. The average Bonchev–Trinajstić information content (AvgIpc) is 2.65. The number of nitrogens with one attached hydrogen (secondary N) is 1. The fourth-order valence-electron chi connectivity index (χ4n) is 1.73. The van der Waals surface area contributed by atoms with Crippen LogP contribution in [-0.2, 0) is 0 Å². The van der Waals surface area contributed by atoms with E-state index >= 15 is 0 Å². The number of nitrogens with zero attached hydrogens (tertiary/aromatic N) is 1. The second kappa shape index (κ2) is 4.03. The Labute approximate surface area is 102 Å². The third-order valence-corrected chi connectivity index (χ3v) is 3.49. The molecule has 0 saturated carbocycles. The Morgan fingerprint density at radius 1 is 1.31 bits per heavy atom. The molecule has 3 nitrogen and oxygen atoms in total. The van der Waals surface area contributed by atoms with Crippen LogP contribution in [0.1, 0.15) is 11.8 Å². The summed E-state index contributed by atoms with van der Waals surface area (Å²) in [6.45, 7) is 1.94. The van der Waals surface area contributed by atoms with Gasteiger partial charge in [-0.15, -0.1) is 0 Å². The summed E-state index contributed by atoms with van der Waals surface area (Å²) in [5.74, 6) is 1.28. The first kappa shape index (κ1) is 10.1. The maximum Gasteiger partial charge on any atom is 0.200 e. The molecule has 2 aromatic rings. The van der Waals surface area contributed by atoms with Crippen molar-refractivity contribution in [2.24, 2.45) is 0 Å². The van der Waals surface area contributed by atoms with Gasteiger partial charge < -0.3 is 9.73 Å². The molecule has 0 aliphatic carbocycles. The molecule has 1 aliphatic rings. The Kier molecular flexibility index (Phi) is 2.53. The van der Waals surface area contributed by atoms with E-state index in [0.717, 1.165) is 34.7 Å². The number of aromatic nitrogens is 1. The Morgan fingerprint density at radius 2 is 2.12 bits per heavy atom. The van der Waals surface area contributed by atoms with Crippen molar-refractivity contribution in [3.8, 4) is 11.3 Å². The van der Waals surface area contributed by atoms with Crippen LogP contribution in [-0.4, -0.2) is 18.1 Å². The van der Waals surface area contributed by atoms with E-state index in [1.165, 1.54) is 0 Å². The second-order valence-corrected chi connectivity index (χ2v) is 4.76. The highest BCUT2D eigenvalue weighted by Crippen LogP contribution is 2.29. The maximum atomic E-state index is 5.51. The number of halogens is 1. The van der Waals surface area contributed by atoms with Gasteiger partial charge in [0.15, 0.2) is 5.89 Å². The summed E-state index contributed by atoms with van der Waals surface area (Å²) in [5, 5.41) is 3.21. The minimum Gasteiger partial charge on any atom is -0.448 e. The molecule has 0 amide bonds. The van der Waals surface area contributed by atoms with Gasteiger partial charge in [0.25, 0.3) is 0 Å². The molecule has 3 rings (SSSR count). The monoisotopic (exact) mass is 278 g/mol. The minimum atomic E-state index is 0.441. The van der Waals surface area contributed by atoms with E-state index in [1.807, 2.05) is 24.3 Å². The largest absolute Gasteiger partial charge is 0.448 e. The lowest BCUT2D eigenvalue weighted by Gasteiger charge is -2.23. The van der Waals surface area contributed by atoms with Gasteiger partial charge in [0.1, 0.15) is 12.0 Å². The lowest BCUT2D eigenvalue weighted by Crippen LogP contribution is -2.40. The standard InChI is InChI=1S/C12H11BrN2O/c13-10-4-2-1-3-9(10)11-7-16-12(15-11)8-5-14-6-8/h1-4,7-8,14H,5-6H2. The number of hydrogen-bond donors (Lipinski definition) is 1. The molecule has 0 spiro atoms. The fourth-order valence-corrected chi connectivity index (χ4v) is 2.22. The molecule has 4 heteroatoms. The van der Waals surface area contributed by atoms with E-state index in [1.54, 1.807) is 6.26 Å². The molecule has 16 heavy (non-hydrogen) atoms. The van der Waals surface area contributed by atoms with Gasteiger partial charge in [0, 0.05) is 23.1 Å². The number of oxazole rings is 1. The minimum absolute atomic E-state index is 0.441. The Hall–Kier alpha value is -1.13. The summed E-state index contributed by atoms with van der Waals surface area (Å²) in [4.78, 5) is 4.53. The van der Waals surface area contributed by atoms with Crippen molar-refractivity contribution in [2.75, 3.05) is 13.1 Å². The molecule has 1 saturated heterocycles. The summed E-state index contributed by atoms with van der Waals surface area (Å²) in [7, 11) is 0. The molecule has 1 aromatic heterocycles. The van der Waals surface area contributed by atoms with Gasteiger partial charge in [-0.3, -0.25) is 0 Å². The van der Waals surface area contributed by atoms with Crippen LogP contribution < -0.4 is 5.32 Å². The van der Waals surface area contributed by atoms with Crippen molar-refractivity contribution >= 4 is 15.9 Å². The molecular formula is C12H11BrN2O. The summed E-state index contributed by atoms with van der Waals surface area (Å²) >= 11 is 3.52. The van der Waals surface area contributed by atoms with Crippen LogP contribution in [0.2, 0.25) is 0 Å². The zero-order valence-corrected chi connectivity index (χ0v) is 10.2. The molecule has 1 aromatic carbocycles. The van der Waals surface area contributed by atoms with E-state index in [2.05, 4.69) is 26.2 Å². The van der Waals surface area contributed by atoms with Gasteiger partial charge in [-0.1, -0.05) is 34.1 Å². The summed E-state index contributed by atoms with van der Waals surface area (Å²) in [5.41, 5.74) is 1.97. The highest BCUT2D eigenvalue weighted by molar-refractivity contribution is 9.10. The SMILES string of the molecule is Brc1ccccc1-c1coc(C2CNC2)n1. The van der Waals surface area contributed by atoms with Gasteiger partial charge in [-0.25, -0.2) is 4.98 Å². The van der Waals surface area contributed by atoms with Crippen molar-refractivity contribution in [1.29, 1.82) is 0 Å². The van der Waals surface area contributed by atoms with E-state index in [4.69, 9.17) is 4.42 Å². The first-order chi connectivity index (χ1) is 7.84. The molecule has 82 valence electrons. The molecular weight excluding hydrogens is 268 g/mol. The van der Waals surface area contributed by atoms with Gasteiger partial charge in [-0.05, 0) is 6.07 Å². The Balaban J connectivity index is 1.95. The quantitative estimate of drug-likeness (QED) is 0.918. The Bertz CT molecular complexity index is 505. The van der Waals surface area contributed by atoms with Crippen molar-refractivity contribution in [3.63, 3.8) is 0 Å². The van der Waals surface area contributed by atoms with E-state index < -0.39 is 0 Å². The zero-order chi connectivity index (χ0) is 11.0. The van der Waals surface area contributed by atoms with Crippen LogP contribution in [0.25, 0.3) is 11.3 Å². The van der Waals surface area contributed by atoms with Crippen molar-refractivity contribution in [2.45, 2.75) is 5.92 Å². The van der Waals surface area contributed by atoms with Crippen molar-refractivity contribution in [3.05, 3.63) is 40.9 Å². The van der Waals surface area contributed by atoms with Gasteiger partial charge in [0.2, 0.25) is 0 Å². The molecule has 1 N–H and O–H groups in total. The summed E-state index contributed by atoms with van der Waals surface area (Å²) in [6, 6.07) is 8.03. The molecule has 0 radical (unpaired) electrons. The molecule has 0 unspecified atom stereocenters. The zero-order valence-electron chi connectivity index (χ0n) is 8.61. The predicted octanol–water partition coefficient (Wildman–Crippen LogP) is 2.79. The van der Waals surface area contributed by atoms with Crippen LogP contribution >= 0.6 is 15.9 Å². The van der Waals surface area contributed by atoms with Gasteiger partial charge in [0.05, 0.1) is 5.92 Å². The lowest BCUT2D eigenvalue weighted by molar-refractivity contribution is 0.357.